The molecule has 0 atom stereocenters. The number of benzene rings is 1. The Balaban J connectivity index is 2.11. The minimum atomic E-state index is -3.79. The smallest absolute Gasteiger partial charge is 0.216 e. The largest absolute Gasteiger partial charge is 0.375 e. The second-order valence-corrected chi connectivity index (χ2v) is 9.52. The van der Waals surface area contributed by atoms with E-state index in [2.05, 4.69) is 18.7 Å². The summed E-state index contributed by atoms with van der Waals surface area (Å²) in [4.78, 5) is 2.41. The Bertz CT molecular complexity index is 853. The molecule has 0 unspecified atom stereocenters. The lowest BCUT2D eigenvalue weighted by atomic mass is 9.77. The maximum absolute atomic E-state index is 13.0. The lowest BCUT2D eigenvalue weighted by molar-refractivity contribution is 0.290. The molecule has 5 heteroatoms. The third-order valence-corrected chi connectivity index (χ3v) is 6.68. The molecule has 2 aliphatic rings. The highest BCUT2D eigenvalue weighted by atomic mass is 32.2. The highest BCUT2D eigenvalue weighted by Crippen LogP contribution is 2.42. The minimum Gasteiger partial charge on any atom is -0.375 e. The first-order chi connectivity index (χ1) is 11.8. The van der Waals surface area contributed by atoms with Crippen LogP contribution in [0.2, 0.25) is 0 Å². The fourth-order valence-electron chi connectivity index (χ4n) is 3.75. The van der Waals surface area contributed by atoms with Gasteiger partial charge < -0.3 is 4.90 Å². The Hall–Kier alpha value is -2.06. The van der Waals surface area contributed by atoms with E-state index in [9.17, 15) is 13.7 Å². The van der Waals surface area contributed by atoms with Gasteiger partial charge in [-0.3, -0.25) is 0 Å². The van der Waals surface area contributed by atoms with Gasteiger partial charge in [0.15, 0.2) is 4.91 Å². The van der Waals surface area contributed by atoms with Crippen molar-refractivity contribution in [3.05, 3.63) is 52.6 Å². The van der Waals surface area contributed by atoms with E-state index in [0.29, 0.717) is 12.0 Å². The number of likely N-dealkylation sites (tertiary alicyclic amines) is 1. The molecule has 1 heterocycles. The van der Waals surface area contributed by atoms with Crippen LogP contribution < -0.4 is 0 Å². The van der Waals surface area contributed by atoms with Gasteiger partial charge in [-0.05, 0) is 54.9 Å². The van der Waals surface area contributed by atoms with Crippen molar-refractivity contribution < 1.29 is 8.42 Å². The Labute approximate surface area is 150 Å². The van der Waals surface area contributed by atoms with Gasteiger partial charge in [0.05, 0.1) is 4.90 Å². The van der Waals surface area contributed by atoms with Crippen molar-refractivity contribution in [1.82, 2.24) is 4.90 Å². The summed E-state index contributed by atoms with van der Waals surface area (Å²) in [5.74, 6) is 0. The summed E-state index contributed by atoms with van der Waals surface area (Å²) in [7, 11) is -3.79. The first kappa shape index (κ1) is 17.8. The standard InChI is InChI=1S/C20H24N2O2S/c1-20(2)13-16(12-17(14-20)22-10-6-7-11-22)19(15-21)25(23,24)18-8-4-3-5-9-18/h3-5,8-9,12H,6-7,10-11,13-14H2,1-2H3/b19-16-. The van der Waals surface area contributed by atoms with E-state index in [-0.39, 0.29) is 15.2 Å². The summed E-state index contributed by atoms with van der Waals surface area (Å²) >= 11 is 0. The van der Waals surface area contributed by atoms with Crippen LogP contribution in [-0.4, -0.2) is 26.4 Å². The van der Waals surface area contributed by atoms with Gasteiger partial charge >= 0.3 is 0 Å². The average Bonchev–Trinajstić information content (AvgIpc) is 3.09. The molecule has 1 saturated heterocycles. The second-order valence-electron chi connectivity index (χ2n) is 7.63. The monoisotopic (exact) mass is 356 g/mol. The van der Waals surface area contributed by atoms with Crippen molar-refractivity contribution >= 4 is 9.84 Å². The van der Waals surface area contributed by atoms with E-state index in [1.54, 1.807) is 30.3 Å². The van der Waals surface area contributed by atoms with Crippen molar-refractivity contribution in [2.24, 2.45) is 5.41 Å². The van der Waals surface area contributed by atoms with Gasteiger partial charge in [0.25, 0.3) is 0 Å². The molecule has 1 aliphatic heterocycles. The second kappa shape index (κ2) is 6.68. The fraction of sp³-hybridized carbons (Fsp3) is 0.450. The zero-order valence-electron chi connectivity index (χ0n) is 14.8. The number of sulfone groups is 1. The molecular formula is C20H24N2O2S. The first-order valence-electron chi connectivity index (χ1n) is 8.72. The number of hydrogen-bond donors (Lipinski definition) is 0. The van der Waals surface area contributed by atoms with Crippen molar-refractivity contribution in [3.63, 3.8) is 0 Å². The molecular weight excluding hydrogens is 332 g/mol. The van der Waals surface area contributed by atoms with Crippen LogP contribution in [0.1, 0.15) is 39.5 Å². The number of hydrogen-bond acceptors (Lipinski definition) is 4. The molecule has 132 valence electrons. The van der Waals surface area contributed by atoms with E-state index in [0.717, 1.165) is 19.5 Å². The molecule has 1 aromatic carbocycles. The van der Waals surface area contributed by atoms with E-state index < -0.39 is 9.84 Å². The molecule has 0 spiro atoms. The Kier molecular flexibility index (Phi) is 4.75. The fourth-order valence-corrected chi connectivity index (χ4v) is 5.09. The molecule has 0 bridgehead atoms. The van der Waals surface area contributed by atoms with Gasteiger partial charge in [0, 0.05) is 18.8 Å². The van der Waals surface area contributed by atoms with Crippen LogP contribution in [0, 0.1) is 16.7 Å². The Morgan fingerprint density at radius 3 is 2.36 bits per heavy atom. The molecule has 0 N–H and O–H groups in total. The molecule has 3 rings (SSSR count). The Morgan fingerprint density at radius 2 is 1.76 bits per heavy atom. The summed E-state index contributed by atoms with van der Waals surface area (Å²) < 4.78 is 26.0. The zero-order valence-corrected chi connectivity index (χ0v) is 15.6. The average molecular weight is 356 g/mol. The molecule has 0 amide bonds. The van der Waals surface area contributed by atoms with E-state index >= 15 is 0 Å². The molecule has 0 aromatic heterocycles. The molecule has 1 aliphatic carbocycles. The quantitative estimate of drug-likeness (QED) is 0.767. The predicted octanol–water partition coefficient (Wildman–Crippen LogP) is 4.04. The maximum Gasteiger partial charge on any atom is 0.216 e. The summed E-state index contributed by atoms with van der Waals surface area (Å²) in [6.45, 7) is 6.31. The molecule has 1 fully saturated rings. The van der Waals surface area contributed by atoms with Crippen LogP contribution in [0.15, 0.2) is 57.5 Å². The summed E-state index contributed by atoms with van der Waals surface area (Å²) in [6.07, 6.45) is 5.81. The van der Waals surface area contributed by atoms with E-state index in [4.69, 9.17) is 0 Å². The first-order valence-corrected chi connectivity index (χ1v) is 10.2. The highest BCUT2D eigenvalue weighted by molar-refractivity contribution is 7.95. The lowest BCUT2D eigenvalue weighted by Gasteiger charge is -2.35. The van der Waals surface area contributed by atoms with Crippen LogP contribution >= 0.6 is 0 Å². The van der Waals surface area contributed by atoms with E-state index in [1.807, 2.05) is 12.1 Å². The topological polar surface area (TPSA) is 61.2 Å². The summed E-state index contributed by atoms with van der Waals surface area (Å²) in [5, 5.41) is 9.67. The van der Waals surface area contributed by atoms with E-state index in [1.165, 1.54) is 18.5 Å². The third-order valence-electron chi connectivity index (χ3n) is 4.90. The van der Waals surface area contributed by atoms with Crippen molar-refractivity contribution in [2.45, 2.75) is 44.4 Å². The van der Waals surface area contributed by atoms with Gasteiger partial charge in [-0.2, -0.15) is 5.26 Å². The van der Waals surface area contributed by atoms with Gasteiger partial charge in [0.1, 0.15) is 6.07 Å². The number of nitrogens with zero attached hydrogens (tertiary/aromatic N) is 2. The van der Waals surface area contributed by atoms with Gasteiger partial charge in [0.2, 0.25) is 9.84 Å². The molecule has 1 aromatic rings. The van der Waals surface area contributed by atoms with Crippen LogP contribution in [-0.2, 0) is 9.84 Å². The number of nitriles is 1. The normalized spacial score (nSPS) is 22.3. The molecule has 4 nitrogen and oxygen atoms in total. The molecule has 0 radical (unpaired) electrons. The van der Waals surface area contributed by atoms with Crippen LogP contribution in [0.4, 0.5) is 0 Å². The summed E-state index contributed by atoms with van der Waals surface area (Å²) in [5.41, 5.74) is 1.75. The summed E-state index contributed by atoms with van der Waals surface area (Å²) in [6, 6.07) is 10.2. The number of rotatable bonds is 3. The lowest BCUT2D eigenvalue weighted by Crippen LogP contribution is -2.28. The van der Waals surface area contributed by atoms with Crippen molar-refractivity contribution in [3.8, 4) is 6.07 Å². The molecule has 0 saturated carbocycles. The van der Waals surface area contributed by atoms with Crippen molar-refractivity contribution in [1.29, 1.82) is 5.26 Å². The van der Waals surface area contributed by atoms with Gasteiger partial charge in [-0.15, -0.1) is 0 Å². The highest BCUT2D eigenvalue weighted by Gasteiger charge is 2.33. The number of allylic oxidation sites excluding steroid dienone is 4. The Morgan fingerprint density at radius 1 is 1.12 bits per heavy atom. The molecule has 25 heavy (non-hydrogen) atoms. The van der Waals surface area contributed by atoms with Crippen LogP contribution in [0.25, 0.3) is 0 Å². The van der Waals surface area contributed by atoms with Gasteiger partial charge in [-0.25, -0.2) is 8.42 Å². The predicted molar refractivity (Wildman–Crippen MR) is 98.2 cm³/mol. The maximum atomic E-state index is 13.0. The zero-order chi connectivity index (χ0) is 18.1. The van der Waals surface area contributed by atoms with Gasteiger partial charge in [-0.1, -0.05) is 32.0 Å². The van der Waals surface area contributed by atoms with Crippen molar-refractivity contribution in [2.75, 3.05) is 13.1 Å². The minimum absolute atomic E-state index is 0.0592. The third kappa shape index (κ3) is 3.64. The van der Waals surface area contributed by atoms with Crippen LogP contribution in [0.5, 0.6) is 0 Å². The SMILES string of the molecule is CC1(C)CC(N2CCCC2)=C/C(=C(\C#N)S(=O)(=O)c2ccccc2)C1. The van der Waals surface area contributed by atoms with Crippen LogP contribution in [0.3, 0.4) is 0 Å².